The lowest BCUT2D eigenvalue weighted by Gasteiger charge is -2.13. The second-order valence-corrected chi connectivity index (χ2v) is 5.81. The van der Waals surface area contributed by atoms with Gasteiger partial charge >= 0.3 is 5.97 Å². The largest absolute Gasteiger partial charge is 0.480 e. The number of carboxylic acid groups (broad SMARTS) is 1. The van der Waals surface area contributed by atoms with Crippen molar-refractivity contribution in [1.29, 1.82) is 0 Å². The number of primary amides is 1. The number of sulfonamides is 1. The number of aliphatic carboxylic acids is 1. The van der Waals surface area contributed by atoms with Crippen LogP contribution in [0.25, 0.3) is 0 Å². The predicted molar refractivity (Wildman–Crippen MR) is 66.7 cm³/mol. The Morgan fingerprint density at radius 2 is 2.05 bits per heavy atom. The number of carboxylic acids is 1. The third-order valence-electron chi connectivity index (χ3n) is 2.45. The number of carbonyl (C=O) groups is 2. The Morgan fingerprint density at radius 1 is 1.45 bits per heavy atom. The number of rotatable bonds is 6. The van der Waals surface area contributed by atoms with Crippen molar-refractivity contribution in [2.75, 3.05) is 0 Å². The van der Waals surface area contributed by atoms with Gasteiger partial charge in [0.1, 0.15) is 11.9 Å². The summed E-state index contributed by atoms with van der Waals surface area (Å²) in [7, 11) is -4.27. The second-order valence-electron chi connectivity index (χ2n) is 4.09. The van der Waals surface area contributed by atoms with Crippen LogP contribution in [0.2, 0.25) is 0 Å². The van der Waals surface area contributed by atoms with E-state index in [1.807, 2.05) is 0 Å². The zero-order chi connectivity index (χ0) is 15.5. The maximum atomic E-state index is 13.3. The van der Waals surface area contributed by atoms with Crippen LogP contribution in [0.5, 0.6) is 0 Å². The van der Waals surface area contributed by atoms with Gasteiger partial charge in [0.25, 0.3) is 0 Å². The molecule has 1 aromatic rings. The first-order chi connectivity index (χ1) is 9.13. The molecule has 1 rings (SSSR count). The van der Waals surface area contributed by atoms with E-state index >= 15 is 0 Å². The molecule has 0 aromatic heterocycles. The third-order valence-corrected chi connectivity index (χ3v) is 3.92. The Balaban J connectivity index is 3.06. The number of hydrogen-bond acceptors (Lipinski definition) is 4. The average Bonchev–Trinajstić information content (AvgIpc) is 2.30. The van der Waals surface area contributed by atoms with E-state index in [1.165, 1.54) is 13.0 Å². The Morgan fingerprint density at radius 3 is 2.50 bits per heavy atom. The van der Waals surface area contributed by atoms with E-state index < -0.39 is 45.1 Å². The van der Waals surface area contributed by atoms with E-state index in [2.05, 4.69) is 0 Å². The fourth-order valence-electron chi connectivity index (χ4n) is 1.38. The first-order valence-corrected chi connectivity index (χ1v) is 6.91. The summed E-state index contributed by atoms with van der Waals surface area (Å²) >= 11 is 0. The van der Waals surface area contributed by atoms with Crippen LogP contribution in [0.15, 0.2) is 23.1 Å². The van der Waals surface area contributed by atoms with Crippen molar-refractivity contribution in [3.8, 4) is 0 Å². The normalized spacial score (nSPS) is 12.9. The summed E-state index contributed by atoms with van der Waals surface area (Å²) in [5.41, 5.74) is 5.08. The number of amides is 1. The van der Waals surface area contributed by atoms with Gasteiger partial charge < -0.3 is 10.8 Å². The van der Waals surface area contributed by atoms with Crippen LogP contribution >= 0.6 is 0 Å². The summed E-state index contributed by atoms with van der Waals surface area (Å²) in [6.45, 7) is 1.45. The maximum Gasteiger partial charge on any atom is 0.322 e. The van der Waals surface area contributed by atoms with Gasteiger partial charge in [-0.05, 0) is 24.6 Å². The standard InChI is InChI=1S/C11H13FN2O5S/c1-6-2-3-7(4-8(6)12)20(18,19)14-9(11(16)17)5-10(13)15/h2-4,9,14H,5H2,1H3,(H2,13,15)(H,16,17). The lowest BCUT2D eigenvalue weighted by molar-refractivity contribution is -0.140. The number of nitrogens with two attached hydrogens (primary N) is 1. The molecular weight excluding hydrogens is 291 g/mol. The molecule has 0 radical (unpaired) electrons. The highest BCUT2D eigenvalue weighted by atomic mass is 32.2. The fraction of sp³-hybridized carbons (Fsp3) is 0.273. The smallest absolute Gasteiger partial charge is 0.322 e. The van der Waals surface area contributed by atoms with Gasteiger partial charge in [0.15, 0.2) is 0 Å². The molecule has 0 saturated heterocycles. The lowest BCUT2D eigenvalue weighted by Crippen LogP contribution is -2.43. The quantitative estimate of drug-likeness (QED) is 0.667. The van der Waals surface area contributed by atoms with Gasteiger partial charge in [0.2, 0.25) is 15.9 Å². The molecule has 110 valence electrons. The summed E-state index contributed by atoms with van der Waals surface area (Å²) in [5, 5.41) is 8.82. The topological polar surface area (TPSA) is 127 Å². The van der Waals surface area contributed by atoms with Gasteiger partial charge in [-0.3, -0.25) is 9.59 Å². The van der Waals surface area contributed by atoms with Crippen molar-refractivity contribution in [3.05, 3.63) is 29.6 Å². The van der Waals surface area contributed by atoms with Crippen LogP contribution in [0.4, 0.5) is 4.39 Å². The van der Waals surface area contributed by atoms with E-state index in [0.717, 1.165) is 12.1 Å². The molecule has 0 spiro atoms. The van der Waals surface area contributed by atoms with Crippen LogP contribution in [0, 0.1) is 12.7 Å². The molecular formula is C11H13FN2O5S. The highest BCUT2D eigenvalue weighted by molar-refractivity contribution is 7.89. The van der Waals surface area contributed by atoms with Crippen LogP contribution in [0.1, 0.15) is 12.0 Å². The van der Waals surface area contributed by atoms with Crippen LogP contribution in [-0.2, 0) is 19.6 Å². The van der Waals surface area contributed by atoms with Crippen LogP contribution in [0.3, 0.4) is 0 Å². The van der Waals surface area contributed by atoms with Gasteiger partial charge in [-0.2, -0.15) is 4.72 Å². The molecule has 1 amide bonds. The molecule has 1 unspecified atom stereocenters. The molecule has 0 heterocycles. The Bertz CT molecular complexity index is 644. The summed E-state index contributed by atoms with van der Waals surface area (Å²) in [6, 6.07) is 1.43. The highest BCUT2D eigenvalue weighted by Gasteiger charge is 2.27. The first-order valence-electron chi connectivity index (χ1n) is 5.43. The maximum absolute atomic E-state index is 13.3. The van der Waals surface area contributed by atoms with Gasteiger partial charge in [0, 0.05) is 0 Å². The van der Waals surface area contributed by atoms with E-state index in [9.17, 15) is 22.4 Å². The number of aryl methyl sites for hydroxylation is 1. The van der Waals surface area contributed by atoms with E-state index in [1.54, 1.807) is 4.72 Å². The minimum Gasteiger partial charge on any atom is -0.480 e. The SMILES string of the molecule is Cc1ccc(S(=O)(=O)NC(CC(N)=O)C(=O)O)cc1F. The van der Waals surface area contributed by atoms with Gasteiger partial charge in [-0.25, -0.2) is 12.8 Å². The lowest BCUT2D eigenvalue weighted by atomic mass is 10.2. The molecule has 1 aromatic carbocycles. The number of halogens is 1. The van der Waals surface area contributed by atoms with Crippen LogP contribution < -0.4 is 10.5 Å². The molecule has 0 saturated carbocycles. The van der Waals surface area contributed by atoms with E-state index in [4.69, 9.17) is 10.8 Å². The summed E-state index contributed by atoms with van der Waals surface area (Å²) in [4.78, 5) is 21.1. The van der Waals surface area contributed by atoms with Crippen molar-refractivity contribution >= 4 is 21.9 Å². The third kappa shape index (κ3) is 4.00. The number of nitrogens with one attached hydrogen (secondary N) is 1. The van der Waals surface area contributed by atoms with Crippen molar-refractivity contribution in [1.82, 2.24) is 4.72 Å². The number of benzene rings is 1. The van der Waals surface area contributed by atoms with Crippen molar-refractivity contribution < 1.29 is 27.5 Å². The first kappa shape index (κ1) is 16.1. The second kappa shape index (κ2) is 5.97. The predicted octanol–water partition coefficient (Wildman–Crippen LogP) is -0.259. The van der Waals surface area contributed by atoms with E-state index in [-0.39, 0.29) is 5.56 Å². The van der Waals surface area contributed by atoms with Gasteiger partial charge in [-0.1, -0.05) is 6.07 Å². The Kier molecular flexibility index (Phi) is 4.79. The molecule has 7 nitrogen and oxygen atoms in total. The summed E-state index contributed by atoms with van der Waals surface area (Å²) in [6.07, 6.45) is -0.705. The van der Waals surface area contributed by atoms with Crippen LogP contribution in [-0.4, -0.2) is 31.4 Å². The van der Waals surface area contributed by atoms with Gasteiger partial charge in [-0.15, -0.1) is 0 Å². The fourth-order valence-corrected chi connectivity index (χ4v) is 2.58. The van der Waals surface area contributed by atoms with Gasteiger partial charge in [0.05, 0.1) is 11.3 Å². The summed E-state index contributed by atoms with van der Waals surface area (Å²) in [5.74, 6) is -3.27. The van der Waals surface area contributed by atoms with Crippen molar-refractivity contribution in [3.63, 3.8) is 0 Å². The highest BCUT2D eigenvalue weighted by Crippen LogP contribution is 2.14. The van der Waals surface area contributed by atoms with E-state index in [0.29, 0.717) is 0 Å². The molecule has 0 aliphatic heterocycles. The average molecular weight is 304 g/mol. The molecule has 0 fully saturated rings. The zero-order valence-electron chi connectivity index (χ0n) is 10.5. The molecule has 1 atom stereocenters. The molecule has 4 N–H and O–H groups in total. The monoisotopic (exact) mass is 304 g/mol. The number of hydrogen-bond donors (Lipinski definition) is 3. The summed E-state index contributed by atoms with van der Waals surface area (Å²) < 4.78 is 38.9. The van der Waals surface area contributed by atoms with Crippen molar-refractivity contribution in [2.24, 2.45) is 5.73 Å². The minimum atomic E-state index is -4.27. The molecule has 0 aliphatic carbocycles. The zero-order valence-corrected chi connectivity index (χ0v) is 11.3. The number of carbonyl (C=O) groups excluding carboxylic acids is 1. The Hall–Kier alpha value is -2.00. The molecule has 9 heteroatoms. The minimum absolute atomic E-state index is 0.246. The molecule has 0 aliphatic rings. The Labute approximate surface area is 114 Å². The van der Waals surface area contributed by atoms with Crippen molar-refractivity contribution in [2.45, 2.75) is 24.3 Å². The molecule has 0 bridgehead atoms. The molecule has 20 heavy (non-hydrogen) atoms.